The molecule has 0 aliphatic carbocycles. The van der Waals surface area contributed by atoms with Gasteiger partial charge in [-0.15, -0.1) is 0 Å². The molecule has 21 heavy (non-hydrogen) atoms. The van der Waals surface area contributed by atoms with Crippen LogP contribution >= 0.6 is 11.6 Å². The average molecular weight is 306 g/mol. The summed E-state index contributed by atoms with van der Waals surface area (Å²) in [6.07, 6.45) is 4.31. The Morgan fingerprint density at radius 3 is 2.76 bits per heavy atom. The summed E-state index contributed by atoms with van der Waals surface area (Å²) < 4.78 is 5.34. The molecule has 0 saturated heterocycles. The molecule has 2 rings (SSSR count). The maximum absolute atomic E-state index is 6.48. The third-order valence-corrected chi connectivity index (χ3v) is 3.81. The topological polar surface area (TPSA) is 47.0 Å². The summed E-state index contributed by atoms with van der Waals surface area (Å²) in [5, 5.41) is 4.23. The van der Waals surface area contributed by atoms with Crippen LogP contribution in [-0.2, 0) is 0 Å². The molecule has 0 radical (unpaired) electrons. The summed E-state index contributed by atoms with van der Waals surface area (Å²) >= 11 is 6.48. The highest BCUT2D eigenvalue weighted by Crippen LogP contribution is 2.32. The first-order valence-corrected chi connectivity index (χ1v) is 7.40. The number of aryl methyl sites for hydroxylation is 1. The molecule has 1 N–H and O–H groups in total. The summed E-state index contributed by atoms with van der Waals surface area (Å²) in [6.45, 7) is 4.97. The van der Waals surface area contributed by atoms with E-state index in [9.17, 15) is 0 Å². The molecule has 0 fully saturated rings. The van der Waals surface area contributed by atoms with Gasteiger partial charge < -0.3 is 10.1 Å². The second-order valence-corrected chi connectivity index (χ2v) is 5.19. The average Bonchev–Trinajstić information content (AvgIpc) is 2.52. The van der Waals surface area contributed by atoms with Gasteiger partial charge >= 0.3 is 0 Å². The molecule has 1 aromatic heterocycles. The molecule has 0 aliphatic rings. The Bertz CT molecular complexity index is 604. The lowest BCUT2D eigenvalue weighted by Gasteiger charge is -2.21. The Morgan fingerprint density at radius 1 is 1.29 bits per heavy atom. The Kier molecular flexibility index (Phi) is 5.53. The van der Waals surface area contributed by atoms with Crippen molar-refractivity contribution in [2.24, 2.45) is 0 Å². The third-order valence-electron chi connectivity index (χ3n) is 3.29. The number of halogens is 1. The largest absolute Gasteiger partial charge is 0.480 e. The van der Waals surface area contributed by atoms with Crippen LogP contribution in [0.4, 0.5) is 0 Å². The minimum Gasteiger partial charge on any atom is -0.480 e. The van der Waals surface area contributed by atoms with Crippen molar-refractivity contribution in [2.45, 2.75) is 26.3 Å². The molecule has 1 aromatic carbocycles. The normalized spacial score (nSPS) is 12.2. The minimum atomic E-state index is -0.138. The first-order chi connectivity index (χ1) is 10.2. The highest BCUT2D eigenvalue weighted by atomic mass is 35.5. The molecule has 112 valence electrons. The molecule has 0 spiro atoms. The molecule has 1 unspecified atom stereocenters. The maximum atomic E-state index is 6.48. The van der Waals surface area contributed by atoms with E-state index in [0.29, 0.717) is 5.88 Å². The summed E-state index contributed by atoms with van der Waals surface area (Å²) in [7, 11) is 1.60. The van der Waals surface area contributed by atoms with E-state index in [1.54, 1.807) is 19.5 Å². The van der Waals surface area contributed by atoms with Gasteiger partial charge in [0.1, 0.15) is 5.69 Å². The lowest BCUT2D eigenvalue weighted by molar-refractivity contribution is 0.382. The lowest BCUT2D eigenvalue weighted by atomic mass is 10.0. The number of nitrogens with one attached hydrogen (secondary N) is 1. The molecule has 1 heterocycles. The summed E-state index contributed by atoms with van der Waals surface area (Å²) in [5.74, 6) is 0.517. The molecule has 2 aromatic rings. The lowest BCUT2D eigenvalue weighted by Crippen LogP contribution is -2.25. The fourth-order valence-electron chi connectivity index (χ4n) is 2.23. The molecule has 0 amide bonds. The van der Waals surface area contributed by atoms with Crippen molar-refractivity contribution in [1.29, 1.82) is 0 Å². The van der Waals surface area contributed by atoms with Gasteiger partial charge in [-0.25, -0.2) is 4.98 Å². The third kappa shape index (κ3) is 3.52. The van der Waals surface area contributed by atoms with Crippen molar-refractivity contribution in [2.75, 3.05) is 13.7 Å². The number of aromatic nitrogens is 2. The number of hydrogen-bond donors (Lipinski definition) is 1. The zero-order chi connectivity index (χ0) is 15.2. The van der Waals surface area contributed by atoms with Gasteiger partial charge in [0.15, 0.2) is 0 Å². The van der Waals surface area contributed by atoms with E-state index in [0.717, 1.165) is 34.8 Å². The first kappa shape index (κ1) is 15.7. The number of nitrogens with zero attached hydrogens (tertiary/aromatic N) is 2. The Balaban J connectivity index is 2.50. The summed E-state index contributed by atoms with van der Waals surface area (Å²) in [6, 6.07) is 5.87. The number of rotatable bonds is 6. The predicted molar refractivity (Wildman–Crippen MR) is 84.9 cm³/mol. The van der Waals surface area contributed by atoms with E-state index >= 15 is 0 Å². The van der Waals surface area contributed by atoms with Crippen LogP contribution in [0.15, 0.2) is 30.6 Å². The van der Waals surface area contributed by atoms with Crippen LogP contribution in [0.25, 0.3) is 0 Å². The van der Waals surface area contributed by atoms with E-state index in [1.165, 1.54) is 0 Å². The SMILES string of the molecule is CCCNC(c1cccc(C)c1Cl)c1nccnc1OC. The second-order valence-electron chi connectivity index (χ2n) is 4.82. The van der Waals surface area contributed by atoms with Crippen LogP contribution in [0.5, 0.6) is 5.88 Å². The molecule has 0 saturated carbocycles. The van der Waals surface area contributed by atoms with Crippen LogP contribution in [0.1, 0.15) is 36.2 Å². The highest BCUT2D eigenvalue weighted by Gasteiger charge is 2.22. The van der Waals surface area contributed by atoms with Gasteiger partial charge in [0.2, 0.25) is 5.88 Å². The maximum Gasteiger partial charge on any atom is 0.237 e. The second kappa shape index (κ2) is 7.38. The van der Waals surface area contributed by atoms with E-state index in [4.69, 9.17) is 16.3 Å². The van der Waals surface area contributed by atoms with Gasteiger partial charge in [-0.1, -0.05) is 36.7 Å². The Hall–Kier alpha value is -1.65. The monoisotopic (exact) mass is 305 g/mol. The minimum absolute atomic E-state index is 0.138. The number of methoxy groups -OCH3 is 1. The van der Waals surface area contributed by atoms with Crippen molar-refractivity contribution in [1.82, 2.24) is 15.3 Å². The van der Waals surface area contributed by atoms with Crippen molar-refractivity contribution >= 4 is 11.6 Å². The van der Waals surface area contributed by atoms with Crippen LogP contribution in [0.2, 0.25) is 5.02 Å². The van der Waals surface area contributed by atoms with E-state index in [-0.39, 0.29) is 6.04 Å². The van der Waals surface area contributed by atoms with Gasteiger partial charge in [0, 0.05) is 17.4 Å². The Labute approximate surface area is 130 Å². The molecule has 0 bridgehead atoms. The van der Waals surface area contributed by atoms with Crippen LogP contribution in [0.3, 0.4) is 0 Å². The number of hydrogen-bond acceptors (Lipinski definition) is 4. The van der Waals surface area contributed by atoms with Crippen molar-refractivity contribution < 1.29 is 4.74 Å². The summed E-state index contributed by atoms with van der Waals surface area (Å²) in [4.78, 5) is 8.68. The molecule has 0 aliphatic heterocycles. The first-order valence-electron chi connectivity index (χ1n) is 7.02. The van der Waals surface area contributed by atoms with Gasteiger partial charge in [0.25, 0.3) is 0 Å². The fourth-order valence-corrected chi connectivity index (χ4v) is 2.46. The smallest absolute Gasteiger partial charge is 0.237 e. The van der Waals surface area contributed by atoms with Crippen molar-refractivity contribution in [3.05, 3.63) is 52.4 Å². The van der Waals surface area contributed by atoms with Gasteiger partial charge in [-0.3, -0.25) is 4.98 Å². The van der Waals surface area contributed by atoms with Crippen LogP contribution in [-0.4, -0.2) is 23.6 Å². The van der Waals surface area contributed by atoms with Gasteiger partial charge in [-0.05, 0) is 31.0 Å². The van der Waals surface area contributed by atoms with Crippen molar-refractivity contribution in [3.8, 4) is 5.88 Å². The van der Waals surface area contributed by atoms with E-state index in [1.807, 2.05) is 25.1 Å². The molecule has 5 heteroatoms. The fraction of sp³-hybridized carbons (Fsp3) is 0.375. The molecule has 1 atom stereocenters. The van der Waals surface area contributed by atoms with Crippen LogP contribution in [0, 0.1) is 6.92 Å². The highest BCUT2D eigenvalue weighted by molar-refractivity contribution is 6.32. The van der Waals surface area contributed by atoms with Crippen molar-refractivity contribution in [3.63, 3.8) is 0 Å². The zero-order valence-corrected chi connectivity index (χ0v) is 13.3. The Morgan fingerprint density at radius 2 is 2.05 bits per heavy atom. The zero-order valence-electron chi connectivity index (χ0n) is 12.6. The van der Waals surface area contributed by atoms with E-state index < -0.39 is 0 Å². The van der Waals surface area contributed by atoms with Gasteiger partial charge in [0.05, 0.1) is 13.2 Å². The molecule has 4 nitrogen and oxygen atoms in total. The predicted octanol–water partition coefficient (Wildman–Crippen LogP) is 3.54. The van der Waals surface area contributed by atoms with Crippen LogP contribution < -0.4 is 10.1 Å². The van der Waals surface area contributed by atoms with E-state index in [2.05, 4.69) is 22.2 Å². The van der Waals surface area contributed by atoms with Gasteiger partial charge in [-0.2, -0.15) is 0 Å². The standard InChI is InChI=1S/C16H20ClN3O/c1-4-8-18-14(12-7-5-6-11(2)13(12)17)15-16(21-3)20-10-9-19-15/h5-7,9-10,14,18H,4,8H2,1-3H3. The summed E-state index contributed by atoms with van der Waals surface area (Å²) in [5.41, 5.74) is 2.78. The quantitative estimate of drug-likeness (QED) is 0.887. The number of ether oxygens (including phenoxy) is 1. The molecular weight excluding hydrogens is 286 g/mol. The molecular formula is C16H20ClN3O. The number of benzene rings is 1.